The molecule has 0 saturated heterocycles. The fourth-order valence-corrected chi connectivity index (χ4v) is 4.59. The lowest BCUT2D eigenvalue weighted by molar-refractivity contribution is 0.0645. The van der Waals surface area contributed by atoms with E-state index in [2.05, 4.69) is 55.5 Å². The van der Waals surface area contributed by atoms with E-state index in [0.29, 0.717) is 6.42 Å². The Morgan fingerprint density at radius 1 is 1.04 bits per heavy atom. The molecular formula is C23H26O2S. The summed E-state index contributed by atoms with van der Waals surface area (Å²) in [5.74, 6) is 1.11. The van der Waals surface area contributed by atoms with Crippen LogP contribution in [0.15, 0.2) is 70.5 Å². The molecule has 0 amide bonds. The maximum absolute atomic E-state index is 10.3. The second kappa shape index (κ2) is 7.73. The van der Waals surface area contributed by atoms with Crippen LogP contribution >= 0.6 is 11.8 Å². The van der Waals surface area contributed by atoms with Crippen molar-refractivity contribution in [2.24, 2.45) is 0 Å². The third kappa shape index (κ3) is 4.40. The normalized spacial score (nSPS) is 13.0. The van der Waals surface area contributed by atoms with Crippen molar-refractivity contribution in [2.45, 2.75) is 48.5 Å². The zero-order valence-electron chi connectivity index (χ0n) is 15.8. The highest BCUT2D eigenvalue weighted by atomic mass is 32.2. The highest BCUT2D eigenvalue weighted by Gasteiger charge is 2.22. The van der Waals surface area contributed by atoms with Gasteiger partial charge in [0, 0.05) is 9.79 Å². The van der Waals surface area contributed by atoms with E-state index < -0.39 is 5.60 Å². The summed E-state index contributed by atoms with van der Waals surface area (Å²) in [6.07, 6.45) is 0.713. The topological polar surface area (TPSA) is 29.5 Å². The van der Waals surface area contributed by atoms with Crippen LogP contribution in [0.5, 0.6) is 5.75 Å². The van der Waals surface area contributed by atoms with Gasteiger partial charge < -0.3 is 9.84 Å². The van der Waals surface area contributed by atoms with Gasteiger partial charge in [-0.1, -0.05) is 55.1 Å². The van der Waals surface area contributed by atoms with Crippen LogP contribution in [-0.4, -0.2) is 17.8 Å². The zero-order valence-corrected chi connectivity index (χ0v) is 16.6. The van der Waals surface area contributed by atoms with E-state index in [1.165, 1.54) is 26.1 Å². The number of ether oxygens (including phenoxy) is 1. The van der Waals surface area contributed by atoms with Crippen molar-refractivity contribution < 1.29 is 9.84 Å². The Balaban J connectivity index is 2.14. The lowest BCUT2D eigenvalue weighted by atomic mass is 9.88. The van der Waals surface area contributed by atoms with Crippen molar-refractivity contribution in [2.75, 3.05) is 7.11 Å². The van der Waals surface area contributed by atoms with Crippen LogP contribution in [0.1, 0.15) is 38.7 Å². The average Bonchev–Trinajstić information content (AvgIpc) is 2.61. The van der Waals surface area contributed by atoms with Crippen molar-refractivity contribution in [3.8, 4) is 5.75 Å². The first-order chi connectivity index (χ1) is 12.4. The lowest BCUT2D eigenvalue weighted by Crippen LogP contribution is -2.21. The predicted octanol–water partition coefficient (Wildman–Crippen LogP) is 6.26. The van der Waals surface area contributed by atoms with Gasteiger partial charge in [-0.15, -0.1) is 0 Å². The van der Waals surface area contributed by atoms with Crippen LogP contribution in [0.2, 0.25) is 0 Å². The monoisotopic (exact) mass is 366 g/mol. The summed E-state index contributed by atoms with van der Waals surface area (Å²) >= 11 is 1.78. The van der Waals surface area contributed by atoms with Crippen LogP contribution in [0.25, 0.3) is 10.8 Å². The predicted molar refractivity (Wildman–Crippen MR) is 110 cm³/mol. The SMILES string of the molecule is COc1ccc2ccc(C(C)CC(C)(C)O)c(Sc3ccccc3)c2c1. The van der Waals surface area contributed by atoms with Gasteiger partial charge in [0.25, 0.3) is 0 Å². The van der Waals surface area contributed by atoms with Gasteiger partial charge >= 0.3 is 0 Å². The van der Waals surface area contributed by atoms with Gasteiger partial charge in [0.1, 0.15) is 5.75 Å². The van der Waals surface area contributed by atoms with Crippen molar-refractivity contribution in [3.63, 3.8) is 0 Å². The number of hydrogen-bond acceptors (Lipinski definition) is 3. The van der Waals surface area contributed by atoms with E-state index in [9.17, 15) is 5.11 Å². The Hall–Kier alpha value is -1.97. The van der Waals surface area contributed by atoms with E-state index in [1.54, 1.807) is 18.9 Å². The standard InChI is InChI=1S/C23H26O2S/c1-16(15-23(2,3)24)20-13-11-17-10-12-18(25-4)14-21(17)22(20)26-19-8-6-5-7-9-19/h5-14,16,24H,15H2,1-4H3. The van der Waals surface area contributed by atoms with E-state index in [4.69, 9.17) is 4.74 Å². The zero-order chi connectivity index (χ0) is 18.7. The van der Waals surface area contributed by atoms with Gasteiger partial charge in [0.15, 0.2) is 0 Å². The number of rotatable bonds is 6. The molecule has 1 atom stereocenters. The molecule has 2 nitrogen and oxygen atoms in total. The fourth-order valence-electron chi connectivity index (χ4n) is 3.38. The third-order valence-electron chi connectivity index (χ3n) is 4.51. The van der Waals surface area contributed by atoms with Gasteiger partial charge in [0.05, 0.1) is 12.7 Å². The summed E-state index contributed by atoms with van der Waals surface area (Å²) in [4.78, 5) is 2.45. The number of aliphatic hydroxyl groups is 1. The summed E-state index contributed by atoms with van der Waals surface area (Å²) < 4.78 is 5.46. The van der Waals surface area contributed by atoms with E-state index in [1.807, 2.05) is 26.0 Å². The lowest BCUT2D eigenvalue weighted by Gasteiger charge is -2.25. The van der Waals surface area contributed by atoms with Gasteiger partial charge in [-0.3, -0.25) is 0 Å². The Bertz CT molecular complexity index is 882. The van der Waals surface area contributed by atoms with Gasteiger partial charge in [-0.25, -0.2) is 0 Å². The average molecular weight is 367 g/mol. The number of fused-ring (bicyclic) bond motifs is 1. The fraction of sp³-hybridized carbons (Fsp3) is 0.304. The largest absolute Gasteiger partial charge is 0.497 e. The highest BCUT2D eigenvalue weighted by molar-refractivity contribution is 7.99. The molecule has 3 heteroatoms. The second-order valence-electron chi connectivity index (χ2n) is 7.40. The molecule has 0 fully saturated rings. The molecule has 0 saturated carbocycles. The molecule has 3 rings (SSSR count). The van der Waals surface area contributed by atoms with Crippen molar-refractivity contribution in [1.29, 1.82) is 0 Å². The minimum absolute atomic E-state index is 0.247. The molecular weight excluding hydrogens is 340 g/mol. The molecule has 0 aromatic heterocycles. The maximum Gasteiger partial charge on any atom is 0.119 e. The molecule has 1 unspecified atom stereocenters. The minimum atomic E-state index is -0.697. The number of benzene rings is 3. The minimum Gasteiger partial charge on any atom is -0.497 e. The molecule has 0 aliphatic carbocycles. The van der Waals surface area contributed by atoms with Crippen LogP contribution in [0.3, 0.4) is 0 Å². The number of methoxy groups -OCH3 is 1. The summed E-state index contributed by atoms with van der Waals surface area (Å²) in [5.41, 5.74) is 0.569. The van der Waals surface area contributed by atoms with Crippen LogP contribution in [0, 0.1) is 0 Å². The van der Waals surface area contributed by atoms with Gasteiger partial charge in [0.2, 0.25) is 0 Å². The van der Waals surface area contributed by atoms with Gasteiger partial charge in [-0.05, 0) is 66.8 Å². The van der Waals surface area contributed by atoms with Crippen molar-refractivity contribution in [1.82, 2.24) is 0 Å². The molecule has 0 bridgehead atoms. The first-order valence-electron chi connectivity index (χ1n) is 8.93. The van der Waals surface area contributed by atoms with Crippen LogP contribution < -0.4 is 4.74 Å². The molecule has 0 spiro atoms. The van der Waals surface area contributed by atoms with E-state index in [0.717, 1.165) is 5.75 Å². The smallest absolute Gasteiger partial charge is 0.119 e. The summed E-state index contributed by atoms with van der Waals surface area (Å²) in [7, 11) is 1.70. The Morgan fingerprint density at radius 2 is 1.73 bits per heavy atom. The molecule has 3 aromatic rings. The van der Waals surface area contributed by atoms with E-state index in [-0.39, 0.29) is 5.92 Å². The maximum atomic E-state index is 10.3. The summed E-state index contributed by atoms with van der Waals surface area (Å²) in [6, 6.07) is 21.0. The van der Waals surface area contributed by atoms with Crippen molar-refractivity contribution >= 4 is 22.5 Å². The molecule has 0 radical (unpaired) electrons. The molecule has 0 aliphatic heterocycles. The molecule has 136 valence electrons. The first-order valence-corrected chi connectivity index (χ1v) is 9.75. The van der Waals surface area contributed by atoms with Crippen LogP contribution in [-0.2, 0) is 0 Å². The Labute approximate surface area is 160 Å². The van der Waals surface area contributed by atoms with E-state index >= 15 is 0 Å². The summed E-state index contributed by atoms with van der Waals surface area (Å²) in [5, 5.41) is 12.7. The molecule has 0 aliphatic rings. The number of hydrogen-bond donors (Lipinski definition) is 1. The quantitative estimate of drug-likeness (QED) is 0.558. The highest BCUT2D eigenvalue weighted by Crippen LogP contribution is 2.42. The van der Waals surface area contributed by atoms with Crippen LogP contribution in [0.4, 0.5) is 0 Å². The molecule has 3 aromatic carbocycles. The van der Waals surface area contributed by atoms with Gasteiger partial charge in [-0.2, -0.15) is 0 Å². The third-order valence-corrected chi connectivity index (χ3v) is 5.68. The molecule has 1 N–H and O–H groups in total. The Kier molecular flexibility index (Phi) is 5.59. The Morgan fingerprint density at radius 3 is 2.38 bits per heavy atom. The van der Waals surface area contributed by atoms with Crippen molar-refractivity contribution in [3.05, 3.63) is 66.2 Å². The molecule has 26 heavy (non-hydrogen) atoms. The summed E-state index contributed by atoms with van der Waals surface area (Å²) in [6.45, 7) is 5.93. The second-order valence-corrected chi connectivity index (χ2v) is 8.49. The first kappa shape index (κ1) is 18.8. The molecule has 0 heterocycles.